The highest BCUT2D eigenvalue weighted by Gasteiger charge is 2.82. The highest BCUT2D eigenvalue weighted by atomic mass is 19.4. The number of rotatable bonds is 7. The number of amides is 1. The number of alkyl halides is 9. The van der Waals surface area contributed by atoms with Crippen molar-refractivity contribution in [3.05, 3.63) is 77.9 Å². The van der Waals surface area contributed by atoms with Gasteiger partial charge in [-0.1, -0.05) is 60.7 Å². The maximum atomic E-state index is 14.5. The Balaban J connectivity index is 2.03. The van der Waals surface area contributed by atoms with E-state index in [1.54, 1.807) is 48.5 Å². The van der Waals surface area contributed by atoms with Gasteiger partial charge in [0.2, 0.25) is 5.91 Å². The van der Waals surface area contributed by atoms with Crippen LogP contribution < -0.4 is 0 Å². The van der Waals surface area contributed by atoms with Crippen molar-refractivity contribution < 1.29 is 44.3 Å². The fourth-order valence-electron chi connectivity index (χ4n) is 3.74. The van der Waals surface area contributed by atoms with Gasteiger partial charge in [-0.3, -0.25) is 4.79 Å². The minimum Gasteiger partial charge on any atom is -0.307 e. The van der Waals surface area contributed by atoms with Crippen molar-refractivity contribution in [2.24, 2.45) is 5.41 Å². The molecule has 0 saturated heterocycles. The Hall–Kier alpha value is -2.98. The molecule has 0 saturated carbocycles. The highest BCUT2D eigenvalue weighted by Crippen LogP contribution is 2.57. The van der Waals surface area contributed by atoms with E-state index in [9.17, 15) is 44.3 Å². The van der Waals surface area contributed by atoms with E-state index in [1.165, 1.54) is 12.1 Å². The minimum absolute atomic E-state index is 0.0404. The lowest BCUT2D eigenvalue weighted by Gasteiger charge is -2.36. The number of benzene rings is 2. The first-order chi connectivity index (χ1) is 15.5. The maximum absolute atomic E-state index is 14.5. The van der Waals surface area contributed by atoms with Gasteiger partial charge in [0.15, 0.2) is 0 Å². The van der Waals surface area contributed by atoms with Crippen LogP contribution in [-0.2, 0) is 11.3 Å². The van der Waals surface area contributed by atoms with Crippen LogP contribution >= 0.6 is 0 Å². The van der Waals surface area contributed by atoms with Gasteiger partial charge < -0.3 is 4.90 Å². The molecule has 2 nitrogen and oxygen atoms in total. The van der Waals surface area contributed by atoms with Crippen LogP contribution in [0.3, 0.4) is 0 Å². The third-order valence-electron chi connectivity index (χ3n) is 5.53. The summed E-state index contributed by atoms with van der Waals surface area (Å²) in [6.07, 6.45) is -8.28. The molecule has 1 amide bonds. The number of carbonyl (C=O) groups is 1. The number of halogens is 9. The molecule has 184 valence electrons. The van der Waals surface area contributed by atoms with E-state index in [0.29, 0.717) is 11.1 Å². The quantitative estimate of drug-likeness (QED) is 0.382. The first-order valence-corrected chi connectivity index (χ1v) is 9.88. The van der Waals surface area contributed by atoms with Crippen LogP contribution in [-0.4, -0.2) is 34.8 Å². The summed E-state index contributed by atoms with van der Waals surface area (Å²) in [5.41, 5.74) is -1.57. The minimum atomic E-state index is -7.02. The van der Waals surface area contributed by atoms with Crippen molar-refractivity contribution in [3.63, 3.8) is 0 Å². The molecular weight excluding hydrogens is 477 g/mol. The summed E-state index contributed by atoms with van der Waals surface area (Å²) >= 11 is 0. The van der Waals surface area contributed by atoms with Crippen molar-refractivity contribution in [2.45, 2.75) is 43.8 Å². The van der Waals surface area contributed by atoms with Crippen LogP contribution in [0.15, 0.2) is 66.7 Å². The van der Waals surface area contributed by atoms with Crippen LogP contribution in [0.5, 0.6) is 0 Å². The topological polar surface area (TPSA) is 20.3 Å². The lowest BCUT2D eigenvalue weighted by atomic mass is 9.81. The Morgan fingerprint density at radius 3 is 1.76 bits per heavy atom. The zero-order valence-corrected chi connectivity index (χ0v) is 17.5. The second-order valence-corrected chi connectivity index (χ2v) is 8.22. The molecule has 0 aliphatic carbocycles. The van der Waals surface area contributed by atoms with Crippen molar-refractivity contribution in [1.29, 1.82) is 0 Å². The van der Waals surface area contributed by atoms with Gasteiger partial charge >= 0.3 is 23.9 Å². The van der Waals surface area contributed by atoms with E-state index in [4.69, 9.17) is 0 Å². The van der Waals surface area contributed by atoms with E-state index >= 15 is 0 Å². The zero-order valence-electron chi connectivity index (χ0n) is 17.5. The molecule has 34 heavy (non-hydrogen) atoms. The molecule has 2 aromatic carbocycles. The monoisotopic (exact) mass is 495 g/mol. The fraction of sp³-hybridized carbons (Fsp3) is 0.348. The summed E-state index contributed by atoms with van der Waals surface area (Å²) < 4.78 is 121. The Kier molecular flexibility index (Phi) is 6.30. The molecule has 3 rings (SSSR count). The average Bonchev–Trinajstić information content (AvgIpc) is 2.98. The molecule has 1 heterocycles. The molecule has 0 fully saturated rings. The van der Waals surface area contributed by atoms with Crippen LogP contribution in [0.1, 0.15) is 24.5 Å². The Bertz CT molecular complexity index is 1060. The van der Waals surface area contributed by atoms with Crippen molar-refractivity contribution in [2.75, 3.05) is 0 Å². The standard InChI is InChI=1S/C23H18F9NO/c1-19(14-20(24,25)21(26,27)22(28,29)23(30,31)32)12-17(16-10-6-3-7-11-16)33(18(19)34)13-15-8-4-2-5-9-15/h2-12H,13-14H2,1H3. The van der Waals surface area contributed by atoms with Crippen LogP contribution in [0.25, 0.3) is 5.70 Å². The molecule has 0 radical (unpaired) electrons. The largest absolute Gasteiger partial charge is 0.460 e. The summed E-state index contributed by atoms with van der Waals surface area (Å²) in [5.74, 6) is -20.8. The molecular formula is C23H18F9NO. The van der Waals surface area contributed by atoms with Crippen LogP contribution in [0.2, 0.25) is 0 Å². The van der Waals surface area contributed by atoms with Gasteiger partial charge in [-0.15, -0.1) is 0 Å². The van der Waals surface area contributed by atoms with E-state index in [0.717, 1.165) is 17.9 Å². The molecule has 2 aromatic rings. The second kappa shape index (κ2) is 8.35. The van der Waals surface area contributed by atoms with Gasteiger partial charge in [-0.2, -0.15) is 39.5 Å². The lowest BCUT2D eigenvalue weighted by Crippen LogP contribution is -2.62. The number of nitrogens with zero attached hydrogens (tertiary/aromatic N) is 1. The van der Waals surface area contributed by atoms with Gasteiger partial charge in [0.05, 0.1) is 12.0 Å². The summed E-state index contributed by atoms with van der Waals surface area (Å²) in [6, 6.07) is 15.9. The normalized spacial score (nSPS) is 20.0. The predicted octanol–water partition coefficient (Wildman–Crippen LogP) is 6.93. The molecule has 1 aliphatic heterocycles. The Labute approximate surface area is 188 Å². The van der Waals surface area contributed by atoms with Gasteiger partial charge in [-0.05, 0) is 24.1 Å². The van der Waals surface area contributed by atoms with Crippen LogP contribution in [0, 0.1) is 5.41 Å². The molecule has 0 N–H and O–H groups in total. The van der Waals surface area contributed by atoms with E-state index in [1.807, 2.05) is 0 Å². The lowest BCUT2D eigenvalue weighted by molar-refractivity contribution is -0.398. The number of carbonyl (C=O) groups excluding carboxylic acids is 1. The van der Waals surface area contributed by atoms with Crippen molar-refractivity contribution >= 4 is 11.6 Å². The molecule has 0 bridgehead atoms. The smallest absolute Gasteiger partial charge is 0.307 e. The van der Waals surface area contributed by atoms with Crippen molar-refractivity contribution in [3.8, 4) is 0 Å². The van der Waals surface area contributed by atoms with E-state index in [-0.39, 0.29) is 12.2 Å². The first kappa shape index (κ1) is 25.6. The van der Waals surface area contributed by atoms with Gasteiger partial charge in [0.1, 0.15) is 0 Å². The molecule has 1 atom stereocenters. The van der Waals surface area contributed by atoms with E-state index < -0.39 is 41.7 Å². The summed E-state index contributed by atoms with van der Waals surface area (Å²) in [6.45, 7) is 0.635. The van der Waals surface area contributed by atoms with Gasteiger partial charge in [-0.25, -0.2) is 0 Å². The maximum Gasteiger partial charge on any atom is 0.460 e. The number of hydrogen-bond donors (Lipinski definition) is 0. The molecule has 1 unspecified atom stereocenters. The average molecular weight is 495 g/mol. The SMILES string of the molecule is CC1(CC(F)(F)C(F)(F)C(F)(F)C(F)(F)F)C=C(c2ccccc2)N(Cc2ccccc2)C1=O. The Morgan fingerprint density at radius 2 is 1.26 bits per heavy atom. The second-order valence-electron chi connectivity index (χ2n) is 8.22. The highest BCUT2D eigenvalue weighted by molar-refractivity contribution is 5.98. The third kappa shape index (κ3) is 4.27. The zero-order chi connectivity index (χ0) is 25.6. The first-order valence-electron chi connectivity index (χ1n) is 9.88. The Morgan fingerprint density at radius 1 is 0.765 bits per heavy atom. The van der Waals surface area contributed by atoms with Gasteiger partial charge in [0.25, 0.3) is 0 Å². The molecule has 11 heteroatoms. The summed E-state index contributed by atoms with van der Waals surface area (Å²) in [4.78, 5) is 14.2. The molecule has 0 aromatic heterocycles. The van der Waals surface area contributed by atoms with Crippen molar-refractivity contribution in [1.82, 2.24) is 4.90 Å². The molecule has 1 aliphatic rings. The summed E-state index contributed by atoms with van der Waals surface area (Å²) in [5, 5.41) is 0. The number of hydrogen-bond acceptors (Lipinski definition) is 1. The fourth-order valence-corrected chi connectivity index (χ4v) is 3.74. The van der Waals surface area contributed by atoms with Crippen LogP contribution in [0.4, 0.5) is 39.5 Å². The summed E-state index contributed by atoms with van der Waals surface area (Å²) in [7, 11) is 0. The molecule has 0 spiro atoms. The third-order valence-corrected chi connectivity index (χ3v) is 5.53. The predicted molar refractivity (Wildman–Crippen MR) is 105 cm³/mol. The van der Waals surface area contributed by atoms with E-state index in [2.05, 4.69) is 0 Å². The van der Waals surface area contributed by atoms with Gasteiger partial charge in [0, 0.05) is 12.1 Å².